The van der Waals surface area contributed by atoms with Crippen molar-refractivity contribution in [3.63, 3.8) is 0 Å². The molecule has 22 heavy (non-hydrogen) atoms. The Hall–Kier alpha value is -1.86. The third-order valence-electron chi connectivity index (χ3n) is 3.59. The van der Waals surface area contributed by atoms with Gasteiger partial charge >= 0.3 is 0 Å². The minimum atomic E-state index is -1.98. The lowest BCUT2D eigenvalue weighted by Crippen LogP contribution is -2.40. The zero-order valence-electron chi connectivity index (χ0n) is 11.5. The van der Waals surface area contributed by atoms with Gasteiger partial charge in [0, 0.05) is 6.20 Å². The normalized spacial score (nSPS) is 22.4. The molecule has 0 saturated heterocycles. The van der Waals surface area contributed by atoms with E-state index in [1.807, 2.05) is 6.07 Å². The first-order chi connectivity index (χ1) is 10.5. The largest absolute Gasteiger partial charge is 0.396 e. The van der Waals surface area contributed by atoms with Gasteiger partial charge in [0.15, 0.2) is 5.49 Å². The molecule has 0 aliphatic carbocycles. The molecule has 7 heteroatoms. The fourth-order valence-electron chi connectivity index (χ4n) is 2.43. The first-order valence-corrected chi connectivity index (χ1v) is 7.09. The van der Waals surface area contributed by atoms with E-state index in [1.165, 1.54) is 12.3 Å². The van der Waals surface area contributed by atoms with Crippen LogP contribution in [0.4, 0.5) is 0 Å². The van der Waals surface area contributed by atoms with Gasteiger partial charge in [-0.3, -0.25) is 0 Å². The Bertz CT molecular complexity index is 799. The number of pyridine rings is 1. The molecule has 1 unspecified atom stereocenters. The maximum atomic E-state index is 10.7. The van der Waals surface area contributed by atoms with Crippen LogP contribution in [0.15, 0.2) is 52.6 Å². The van der Waals surface area contributed by atoms with E-state index in [0.29, 0.717) is 15.9 Å². The monoisotopic (exact) mass is 319 g/mol. The van der Waals surface area contributed by atoms with Gasteiger partial charge in [0.1, 0.15) is 5.36 Å². The van der Waals surface area contributed by atoms with Crippen LogP contribution in [0.3, 0.4) is 0 Å². The molecule has 0 fully saturated rings. The number of aliphatic hydroxyl groups excluding tert-OH is 2. The van der Waals surface area contributed by atoms with E-state index < -0.39 is 24.5 Å². The van der Waals surface area contributed by atoms with Crippen molar-refractivity contribution in [3.8, 4) is 0 Å². The molecule has 1 aliphatic rings. The summed E-state index contributed by atoms with van der Waals surface area (Å²) in [6, 6.07) is 10.3. The average Bonchev–Trinajstić information content (AvgIpc) is 2.84. The van der Waals surface area contributed by atoms with E-state index in [1.54, 1.807) is 24.3 Å². The number of aromatic nitrogens is 1. The molecule has 2 aromatic rings. The standard InChI is InChI=1S/C15H14ClN3O3/c16-10-6-12-14(17-7-10)19-15(22,18-12)11(8-20)13(21)9-4-2-1-3-5-9/h1-7,11,13,20-22H,8H2/t11-,13+,15?/m1/s1. The van der Waals surface area contributed by atoms with Crippen molar-refractivity contribution < 1.29 is 15.3 Å². The summed E-state index contributed by atoms with van der Waals surface area (Å²) in [5.41, 5.74) is 0.785. The Morgan fingerprint density at radius 2 is 1.91 bits per heavy atom. The molecule has 0 radical (unpaired) electrons. The zero-order valence-corrected chi connectivity index (χ0v) is 12.2. The lowest BCUT2D eigenvalue weighted by Gasteiger charge is -2.29. The summed E-state index contributed by atoms with van der Waals surface area (Å²) in [6.45, 7) is -0.499. The highest BCUT2D eigenvalue weighted by molar-refractivity contribution is 6.30. The van der Waals surface area contributed by atoms with Crippen LogP contribution in [-0.2, 0) is 0 Å². The highest BCUT2D eigenvalue weighted by atomic mass is 35.5. The predicted octanol–water partition coefficient (Wildman–Crippen LogP) is -0.0240. The maximum absolute atomic E-state index is 10.7. The summed E-state index contributed by atoms with van der Waals surface area (Å²) < 4.78 is 0. The lowest BCUT2D eigenvalue weighted by atomic mass is 9.92. The summed E-state index contributed by atoms with van der Waals surface area (Å²) in [5, 5.41) is 31.4. The molecule has 3 rings (SSSR count). The van der Waals surface area contributed by atoms with Gasteiger partial charge in [-0.1, -0.05) is 41.9 Å². The van der Waals surface area contributed by atoms with Gasteiger partial charge in [0.2, 0.25) is 0 Å². The van der Waals surface area contributed by atoms with Crippen LogP contribution >= 0.6 is 11.6 Å². The summed E-state index contributed by atoms with van der Waals surface area (Å²) in [7, 11) is 0. The predicted molar refractivity (Wildman–Crippen MR) is 78.5 cm³/mol. The second kappa shape index (κ2) is 5.73. The van der Waals surface area contributed by atoms with Gasteiger partial charge < -0.3 is 15.3 Å². The lowest BCUT2D eigenvalue weighted by molar-refractivity contribution is -0.0830. The average molecular weight is 320 g/mol. The van der Waals surface area contributed by atoms with E-state index in [9.17, 15) is 15.3 Å². The number of rotatable bonds is 4. The van der Waals surface area contributed by atoms with Crippen molar-refractivity contribution in [1.29, 1.82) is 0 Å². The summed E-state index contributed by atoms with van der Waals surface area (Å²) >= 11 is 5.84. The minimum absolute atomic E-state index is 0.227. The first-order valence-electron chi connectivity index (χ1n) is 6.71. The van der Waals surface area contributed by atoms with Crippen LogP contribution < -0.4 is 10.8 Å². The second-order valence-electron chi connectivity index (χ2n) is 5.05. The number of nitrogens with zero attached hydrogens (tertiary/aromatic N) is 3. The van der Waals surface area contributed by atoms with Gasteiger partial charge in [-0.25, -0.2) is 15.0 Å². The van der Waals surface area contributed by atoms with Crippen molar-refractivity contribution in [2.75, 3.05) is 6.61 Å². The molecule has 3 N–H and O–H groups in total. The van der Waals surface area contributed by atoms with E-state index in [-0.39, 0.29) is 5.49 Å². The van der Waals surface area contributed by atoms with E-state index in [4.69, 9.17) is 11.6 Å². The molecule has 1 aliphatic heterocycles. The maximum Gasteiger partial charge on any atom is 0.264 e. The summed E-state index contributed by atoms with van der Waals surface area (Å²) in [4.78, 5) is 12.1. The fourth-order valence-corrected chi connectivity index (χ4v) is 2.58. The number of fused-ring (bicyclic) bond motifs is 1. The Morgan fingerprint density at radius 3 is 2.59 bits per heavy atom. The molecular weight excluding hydrogens is 306 g/mol. The molecule has 114 valence electrons. The first kappa shape index (κ1) is 15.1. The molecule has 2 heterocycles. The molecule has 0 bridgehead atoms. The molecule has 0 saturated carbocycles. The smallest absolute Gasteiger partial charge is 0.264 e. The molecule has 0 amide bonds. The molecule has 1 aromatic heterocycles. The van der Waals surface area contributed by atoms with Gasteiger partial charge in [-0.15, -0.1) is 0 Å². The van der Waals surface area contributed by atoms with E-state index in [2.05, 4.69) is 15.0 Å². The molecule has 1 aromatic carbocycles. The fraction of sp³-hybridized carbons (Fsp3) is 0.267. The van der Waals surface area contributed by atoms with Crippen LogP contribution in [0, 0.1) is 5.92 Å². The number of hydrogen-bond acceptors (Lipinski definition) is 6. The van der Waals surface area contributed by atoms with Crippen LogP contribution in [0.5, 0.6) is 0 Å². The SMILES string of the molecule is OC[C@H]([C@@H](O)c1ccccc1)C1(O)N=c2cc(Cl)cnc2=N1. The quantitative estimate of drug-likeness (QED) is 0.737. The van der Waals surface area contributed by atoms with Crippen molar-refractivity contribution in [2.24, 2.45) is 15.9 Å². The van der Waals surface area contributed by atoms with Crippen LogP contribution in [-0.4, -0.2) is 32.8 Å². The summed E-state index contributed by atoms with van der Waals surface area (Å²) in [6.07, 6.45) is 0.265. The second-order valence-corrected chi connectivity index (χ2v) is 5.49. The topological polar surface area (TPSA) is 98.3 Å². The Morgan fingerprint density at radius 1 is 1.18 bits per heavy atom. The van der Waals surface area contributed by atoms with Crippen LogP contribution in [0.2, 0.25) is 5.02 Å². The zero-order chi connectivity index (χ0) is 15.7. The number of hydrogen-bond donors (Lipinski definition) is 3. The highest BCUT2D eigenvalue weighted by Gasteiger charge is 2.43. The molecular formula is C15H14ClN3O3. The number of benzene rings is 1. The van der Waals surface area contributed by atoms with Crippen LogP contribution in [0.25, 0.3) is 0 Å². The van der Waals surface area contributed by atoms with Crippen molar-refractivity contribution >= 4 is 11.6 Å². The van der Waals surface area contributed by atoms with E-state index >= 15 is 0 Å². The Labute approximate surface area is 131 Å². The highest BCUT2D eigenvalue weighted by Crippen LogP contribution is 2.33. The van der Waals surface area contributed by atoms with Crippen molar-refractivity contribution in [3.05, 3.63) is 64.0 Å². The summed E-state index contributed by atoms with van der Waals surface area (Å²) in [5.74, 6) is -3.01. The Balaban J connectivity index is 2.01. The van der Waals surface area contributed by atoms with Crippen LogP contribution in [0.1, 0.15) is 11.7 Å². The van der Waals surface area contributed by atoms with Gasteiger partial charge in [-0.05, 0) is 11.6 Å². The van der Waals surface area contributed by atoms with E-state index in [0.717, 1.165) is 0 Å². The Kier molecular flexibility index (Phi) is 3.92. The molecule has 3 atom stereocenters. The van der Waals surface area contributed by atoms with Gasteiger partial charge in [-0.2, -0.15) is 0 Å². The third kappa shape index (κ3) is 2.62. The van der Waals surface area contributed by atoms with Gasteiger partial charge in [0.25, 0.3) is 5.85 Å². The van der Waals surface area contributed by atoms with Crippen molar-refractivity contribution in [1.82, 2.24) is 4.98 Å². The molecule has 6 nitrogen and oxygen atoms in total. The van der Waals surface area contributed by atoms with Crippen molar-refractivity contribution in [2.45, 2.75) is 12.0 Å². The molecule has 0 spiro atoms. The number of aliphatic hydroxyl groups is 3. The number of halogens is 1. The third-order valence-corrected chi connectivity index (χ3v) is 3.79. The minimum Gasteiger partial charge on any atom is -0.396 e. The van der Waals surface area contributed by atoms with Gasteiger partial charge in [0.05, 0.1) is 23.7 Å².